The molecule has 2 rings (SSSR count). The van der Waals surface area contributed by atoms with E-state index in [-0.39, 0.29) is 22.8 Å². The van der Waals surface area contributed by atoms with Gasteiger partial charge in [0, 0.05) is 25.7 Å². The Labute approximate surface area is 109 Å². The van der Waals surface area contributed by atoms with Crippen molar-refractivity contribution in [1.82, 2.24) is 4.90 Å². The number of carbonyl (C=O) groups is 2. The maximum atomic E-state index is 12.9. The van der Waals surface area contributed by atoms with Gasteiger partial charge in [-0.15, -0.1) is 0 Å². The Hall–Kier alpha value is -1.62. The third-order valence-electron chi connectivity index (χ3n) is 2.88. The molecule has 1 heterocycles. The van der Waals surface area contributed by atoms with Gasteiger partial charge in [-0.25, -0.2) is 4.39 Å². The highest BCUT2D eigenvalue weighted by molar-refractivity contribution is 6.31. The molecule has 2 amide bonds. The van der Waals surface area contributed by atoms with Gasteiger partial charge in [0.25, 0.3) is 0 Å². The molecule has 0 unspecified atom stereocenters. The fourth-order valence-electron chi connectivity index (χ4n) is 1.72. The number of hydrogen-bond acceptors (Lipinski definition) is 2. The highest BCUT2D eigenvalue weighted by Crippen LogP contribution is 2.22. The molecule has 6 heteroatoms. The minimum atomic E-state index is -0.527. The number of halogens is 2. The quantitative estimate of drug-likeness (QED) is 0.892. The van der Waals surface area contributed by atoms with Crippen LogP contribution in [0.4, 0.5) is 10.1 Å². The lowest BCUT2D eigenvalue weighted by Gasteiger charge is -2.37. The molecule has 0 aliphatic carbocycles. The second-order valence-corrected chi connectivity index (χ2v) is 4.65. The van der Waals surface area contributed by atoms with Gasteiger partial charge < -0.3 is 10.2 Å². The molecule has 1 aromatic carbocycles. The molecule has 96 valence electrons. The van der Waals surface area contributed by atoms with E-state index in [1.807, 2.05) is 0 Å². The Kier molecular flexibility index (Phi) is 3.52. The molecule has 0 saturated carbocycles. The summed E-state index contributed by atoms with van der Waals surface area (Å²) in [6.07, 6.45) is 0. The van der Waals surface area contributed by atoms with Gasteiger partial charge in [-0.05, 0) is 18.2 Å². The second-order valence-electron chi connectivity index (χ2n) is 4.24. The summed E-state index contributed by atoms with van der Waals surface area (Å²) in [7, 11) is 0. The lowest BCUT2D eigenvalue weighted by atomic mass is 9.99. The minimum absolute atomic E-state index is 0.0354. The Morgan fingerprint density at radius 1 is 1.44 bits per heavy atom. The van der Waals surface area contributed by atoms with Crippen molar-refractivity contribution in [3.8, 4) is 0 Å². The summed E-state index contributed by atoms with van der Waals surface area (Å²) in [5.74, 6) is -0.960. The van der Waals surface area contributed by atoms with Crippen LogP contribution in [-0.4, -0.2) is 29.8 Å². The van der Waals surface area contributed by atoms with E-state index in [9.17, 15) is 14.0 Å². The average Bonchev–Trinajstić information content (AvgIpc) is 2.20. The van der Waals surface area contributed by atoms with Crippen LogP contribution >= 0.6 is 11.6 Å². The van der Waals surface area contributed by atoms with Crippen LogP contribution in [0.3, 0.4) is 0 Å². The number of amides is 2. The third-order valence-corrected chi connectivity index (χ3v) is 3.17. The maximum absolute atomic E-state index is 12.9. The number of carbonyl (C=O) groups excluding carboxylic acids is 2. The lowest BCUT2D eigenvalue weighted by Crippen LogP contribution is -2.53. The Morgan fingerprint density at radius 3 is 2.67 bits per heavy atom. The number of rotatable bonds is 2. The van der Waals surface area contributed by atoms with Crippen molar-refractivity contribution in [2.24, 2.45) is 5.92 Å². The third kappa shape index (κ3) is 2.61. The largest absolute Gasteiger partial charge is 0.341 e. The highest BCUT2D eigenvalue weighted by atomic mass is 35.5. The fraction of sp³-hybridized carbons (Fsp3) is 0.333. The van der Waals surface area contributed by atoms with E-state index in [1.165, 1.54) is 25.1 Å². The number of likely N-dealkylation sites (tertiary alicyclic amines) is 1. The zero-order valence-corrected chi connectivity index (χ0v) is 10.5. The molecule has 0 bridgehead atoms. The predicted molar refractivity (Wildman–Crippen MR) is 65.8 cm³/mol. The Morgan fingerprint density at radius 2 is 2.11 bits per heavy atom. The smallest absolute Gasteiger partial charge is 0.231 e. The monoisotopic (exact) mass is 270 g/mol. The molecule has 1 fully saturated rings. The van der Waals surface area contributed by atoms with Gasteiger partial charge in [-0.3, -0.25) is 9.59 Å². The number of anilines is 1. The van der Waals surface area contributed by atoms with Crippen molar-refractivity contribution < 1.29 is 14.0 Å². The molecule has 1 aliphatic rings. The van der Waals surface area contributed by atoms with Crippen LogP contribution in [0.1, 0.15) is 6.92 Å². The van der Waals surface area contributed by atoms with Crippen molar-refractivity contribution in [3.05, 3.63) is 29.0 Å². The van der Waals surface area contributed by atoms with Crippen LogP contribution in [0.25, 0.3) is 0 Å². The van der Waals surface area contributed by atoms with Crippen LogP contribution < -0.4 is 5.32 Å². The summed E-state index contributed by atoms with van der Waals surface area (Å²) in [5, 5.41) is 2.61. The SMILES string of the molecule is CC(=O)N1CC(C(=O)Nc2ccc(F)c(Cl)c2)C1. The van der Waals surface area contributed by atoms with Crippen molar-refractivity contribution >= 4 is 29.1 Å². The van der Waals surface area contributed by atoms with E-state index in [0.29, 0.717) is 18.8 Å². The first-order valence-electron chi connectivity index (χ1n) is 5.49. The second kappa shape index (κ2) is 4.94. The first kappa shape index (κ1) is 12.8. The fourth-order valence-corrected chi connectivity index (χ4v) is 1.90. The van der Waals surface area contributed by atoms with Crippen LogP contribution in [0.15, 0.2) is 18.2 Å². The van der Waals surface area contributed by atoms with Gasteiger partial charge in [0.2, 0.25) is 11.8 Å². The van der Waals surface area contributed by atoms with Crippen molar-refractivity contribution in [3.63, 3.8) is 0 Å². The Balaban J connectivity index is 1.92. The normalized spacial score (nSPS) is 15.2. The lowest BCUT2D eigenvalue weighted by molar-refractivity contribution is -0.139. The van der Waals surface area contributed by atoms with Gasteiger partial charge in [-0.2, -0.15) is 0 Å². The summed E-state index contributed by atoms with van der Waals surface area (Å²) >= 11 is 5.61. The van der Waals surface area contributed by atoms with Crippen LogP contribution in [0.2, 0.25) is 5.02 Å². The van der Waals surface area contributed by atoms with E-state index in [1.54, 1.807) is 4.90 Å². The van der Waals surface area contributed by atoms with Crippen molar-refractivity contribution in [1.29, 1.82) is 0 Å². The van der Waals surface area contributed by atoms with Crippen molar-refractivity contribution in [2.45, 2.75) is 6.92 Å². The first-order valence-corrected chi connectivity index (χ1v) is 5.86. The van der Waals surface area contributed by atoms with E-state index < -0.39 is 5.82 Å². The average molecular weight is 271 g/mol. The summed E-state index contributed by atoms with van der Waals surface area (Å²) in [6.45, 7) is 2.32. The topological polar surface area (TPSA) is 49.4 Å². The van der Waals surface area contributed by atoms with E-state index in [0.717, 1.165) is 0 Å². The molecule has 18 heavy (non-hydrogen) atoms. The highest BCUT2D eigenvalue weighted by Gasteiger charge is 2.34. The molecule has 0 aromatic heterocycles. The summed E-state index contributed by atoms with van der Waals surface area (Å²) in [4.78, 5) is 24.3. The van der Waals surface area contributed by atoms with Gasteiger partial charge in [0.05, 0.1) is 10.9 Å². The molecular formula is C12H12ClFN2O2. The summed E-state index contributed by atoms with van der Waals surface area (Å²) in [6, 6.07) is 4.00. The van der Waals surface area contributed by atoms with Gasteiger partial charge in [0.15, 0.2) is 0 Å². The number of hydrogen-bond donors (Lipinski definition) is 1. The van der Waals surface area contributed by atoms with E-state index in [4.69, 9.17) is 11.6 Å². The molecular weight excluding hydrogens is 259 g/mol. The molecule has 1 aromatic rings. The van der Waals surface area contributed by atoms with Crippen molar-refractivity contribution in [2.75, 3.05) is 18.4 Å². The summed E-state index contributed by atoms with van der Waals surface area (Å²) in [5.41, 5.74) is 0.452. The zero-order chi connectivity index (χ0) is 13.3. The minimum Gasteiger partial charge on any atom is -0.341 e. The standard InChI is InChI=1S/C12H12ClFN2O2/c1-7(17)16-5-8(6-16)12(18)15-9-2-3-11(14)10(13)4-9/h2-4,8H,5-6H2,1H3,(H,15,18). The van der Waals surface area contributed by atoms with Crippen LogP contribution in [-0.2, 0) is 9.59 Å². The molecule has 0 atom stereocenters. The van der Waals surface area contributed by atoms with Crippen LogP contribution in [0.5, 0.6) is 0 Å². The molecule has 1 aliphatic heterocycles. The van der Waals surface area contributed by atoms with Gasteiger partial charge in [0.1, 0.15) is 5.82 Å². The van der Waals surface area contributed by atoms with Crippen LogP contribution in [0, 0.1) is 11.7 Å². The van der Waals surface area contributed by atoms with Gasteiger partial charge >= 0.3 is 0 Å². The molecule has 0 radical (unpaired) electrons. The molecule has 4 nitrogen and oxygen atoms in total. The Bertz CT molecular complexity index is 501. The molecule has 0 spiro atoms. The maximum Gasteiger partial charge on any atom is 0.231 e. The first-order chi connectivity index (χ1) is 8.47. The molecule has 1 N–H and O–H groups in total. The van der Waals surface area contributed by atoms with E-state index in [2.05, 4.69) is 5.32 Å². The summed E-state index contributed by atoms with van der Waals surface area (Å²) < 4.78 is 12.9. The number of nitrogens with one attached hydrogen (secondary N) is 1. The molecule has 1 saturated heterocycles. The predicted octanol–water partition coefficient (Wildman–Crippen LogP) is 1.90. The zero-order valence-electron chi connectivity index (χ0n) is 9.74. The number of nitrogens with zero attached hydrogens (tertiary/aromatic N) is 1. The van der Waals surface area contributed by atoms with E-state index >= 15 is 0 Å². The van der Waals surface area contributed by atoms with Gasteiger partial charge in [-0.1, -0.05) is 11.6 Å². The number of benzene rings is 1.